The Labute approximate surface area is 196 Å². The van der Waals surface area contributed by atoms with E-state index in [2.05, 4.69) is 10.3 Å². The lowest BCUT2D eigenvalue weighted by Crippen LogP contribution is -2.25. The number of halogens is 4. The fourth-order valence-electron chi connectivity index (χ4n) is 3.74. The zero-order valence-electron chi connectivity index (χ0n) is 17.7. The third-order valence-electron chi connectivity index (χ3n) is 5.45. The molecule has 178 valence electrons. The van der Waals surface area contributed by atoms with Crippen LogP contribution in [-0.2, 0) is 28.7 Å². The van der Waals surface area contributed by atoms with E-state index in [1.54, 1.807) is 4.57 Å². The van der Waals surface area contributed by atoms with Crippen molar-refractivity contribution in [1.82, 2.24) is 9.55 Å². The molecule has 2 heterocycles. The zero-order valence-corrected chi connectivity index (χ0v) is 18.5. The van der Waals surface area contributed by atoms with Gasteiger partial charge in [0, 0.05) is 13.0 Å². The summed E-state index contributed by atoms with van der Waals surface area (Å²) in [5, 5.41) is 2.48. The van der Waals surface area contributed by atoms with Gasteiger partial charge in [-0.15, -0.1) is 0 Å². The first-order valence-electron chi connectivity index (χ1n) is 10.5. The molecule has 34 heavy (non-hydrogen) atoms. The number of anilines is 1. The van der Waals surface area contributed by atoms with Crippen molar-refractivity contribution >= 4 is 40.1 Å². The molecule has 1 aromatic heterocycles. The number of ether oxygens (including phenoxy) is 1. The number of carbonyl (C=O) groups is 2. The summed E-state index contributed by atoms with van der Waals surface area (Å²) in [5.41, 5.74) is -0.967. The van der Waals surface area contributed by atoms with Crippen molar-refractivity contribution in [2.75, 3.05) is 11.9 Å². The molecular weight excluding hydrogens is 475 g/mol. The van der Waals surface area contributed by atoms with Gasteiger partial charge in [-0.25, -0.2) is 9.78 Å². The third kappa shape index (κ3) is 5.06. The molecule has 0 saturated carbocycles. The summed E-state index contributed by atoms with van der Waals surface area (Å²) < 4.78 is 45.3. The standard InChI is InChI=1S/C23H19ClF3N3O4/c24-16-8-6-14(23(25,26)27)11-18(16)29-20(31)12-34-22(33)13-5-7-15-17(10-13)28-19-4-2-1-3-9-30(19)21(15)32/h5-8,10-11H,1-4,9,12H2,(H,29,31). The summed E-state index contributed by atoms with van der Waals surface area (Å²) >= 11 is 5.85. The Hall–Kier alpha value is -3.40. The van der Waals surface area contributed by atoms with Gasteiger partial charge in [0.05, 0.1) is 32.7 Å². The van der Waals surface area contributed by atoms with Crippen LogP contribution in [0.5, 0.6) is 0 Å². The van der Waals surface area contributed by atoms with Gasteiger partial charge >= 0.3 is 12.1 Å². The molecule has 0 fully saturated rings. The Kier molecular flexibility index (Phi) is 6.60. The Balaban J connectivity index is 1.46. The van der Waals surface area contributed by atoms with Gasteiger partial charge in [-0.3, -0.25) is 14.2 Å². The number of aromatic nitrogens is 2. The summed E-state index contributed by atoms with van der Waals surface area (Å²) in [6.07, 6.45) is -1.12. The van der Waals surface area contributed by atoms with Crippen LogP contribution in [0.25, 0.3) is 10.9 Å². The molecule has 0 radical (unpaired) electrons. The van der Waals surface area contributed by atoms with Gasteiger partial charge in [-0.05, 0) is 49.2 Å². The van der Waals surface area contributed by atoms with E-state index in [1.165, 1.54) is 18.2 Å². The second-order valence-corrected chi connectivity index (χ2v) is 8.25. The lowest BCUT2D eigenvalue weighted by molar-refractivity contribution is -0.137. The highest BCUT2D eigenvalue weighted by Gasteiger charge is 2.31. The summed E-state index contributed by atoms with van der Waals surface area (Å²) in [7, 11) is 0. The van der Waals surface area contributed by atoms with Crippen LogP contribution in [0.1, 0.15) is 41.0 Å². The van der Waals surface area contributed by atoms with E-state index in [0.717, 1.165) is 31.4 Å². The summed E-state index contributed by atoms with van der Waals surface area (Å²) in [5.74, 6) is -1.04. The molecular formula is C23H19ClF3N3O4. The number of fused-ring (bicyclic) bond motifs is 2. The molecule has 0 bridgehead atoms. The topological polar surface area (TPSA) is 90.3 Å². The number of nitrogens with zero attached hydrogens (tertiary/aromatic N) is 2. The predicted octanol–water partition coefficient (Wildman–Crippen LogP) is 4.59. The van der Waals surface area contributed by atoms with Gasteiger partial charge in [0.2, 0.25) is 0 Å². The molecule has 2 aromatic carbocycles. The molecule has 0 spiro atoms. The number of aryl methyl sites for hydroxylation is 1. The SMILES string of the molecule is O=C(COC(=O)c1ccc2c(=O)n3c(nc2c1)CCCCC3)Nc1cc(C(F)(F)F)ccc1Cl. The summed E-state index contributed by atoms with van der Waals surface area (Å²) in [4.78, 5) is 41.9. The fourth-order valence-corrected chi connectivity index (χ4v) is 3.91. The maximum absolute atomic E-state index is 12.9. The first-order chi connectivity index (χ1) is 16.1. The second-order valence-electron chi connectivity index (χ2n) is 7.84. The number of esters is 1. The monoisotopic (exact) mass is 493 g/mol. The number of rotatable bonds is 4. The van der Waals surface area contributed by atoms with E-state index in [4.69, 9.17) is 16.3 Å². The van der Waals surface area contributed by atoms with Crippen LogP contribution in [0.2, 0.25) is 5.02 Å². The van der Waals surface area contributed by atoms with E-state index in [9.17, 15) is 27.6 Å². The van der Waals surface area contributed by atoms with E-state index in [0.29, 0.717) is 35.8 Å². The van der Waals surface area contributed by atoms with E-state index in [1.807, 2.05) is 0 Å². The van der Waals surface area contributed by atoms with Crippen molar-refractivity contribution in [2.45, 2.75) is 38.4 Å². The molecule has 1 aliphatic heterocycles. The lowest BCUT2D eigenvalue weighted by atomic mass is 10.1. The van der Waals surface area contributed by atoms with Gasteiger partial charge in [0.25, 0.3) is 11.5 Å². The maximum atomic E-state index is 12.9. The molecule has 0 aliphatic carbocycles. The van der Waals surface area contributed by atoms with Gasteiger partial charge < -0.3 is 10.1 Å². The van der Waals surface area contributed by atoms with Crippen LogP contribution < -0.4 is 10.9 Å². The largest absolute Gasteiger partial charge is 0.452 e. The van der Waals surface area contributed by atoms with Crippen molar-refractivity contribution in [1.29, 1.82) is 0 Å². The Morgan fingerprint density at radius 2 is 1.91 bits per heavy atom. The Morgan fingerprint density at radius 3 is 2.68 bits per heavy atom. The van der Waals surface area contributed by atoms with E-state index >= 15 is 0 Å². The average molecular weight is 494 g/mol. The minimum absolute atomic E-state index is 0.0860. The number of hydrogen-bond acceptors (Lipinski definition) is 5. The quantitative estimate of drug-likeness (QED) is 0.537. The van der Waals surface area contributed by atoms with Gasteiger partial charge in [-0.2, -0.15) is 13.2 Å². The molecule has 0 saturated heterocycles. The van der Waals surface area contributed by atoms with Crippen molar-refractivity contribution < 1.29 is 27.5 Å². The highest BCUT2D eigenvalue weighted by molar-refractivity contribution is 6.33. The Bertz CT molecular complexity index is 1340. The minimum atomic E-state index is -4.61. The summed E-state index contributed by atoms with van der Waals surface area (Å²) in [6, 6.07) is 6.81. The number of hydrogen-bond donors (Lipinski definition) is 1. The van der Waals surface area contributed by atoms with Crippen LogP contribution in [0, 0.1) is 0 Å². The number of amides is 1. The number of benzene rings is 2. The smallest absolute Gasteiger partial charge is 0.416 e. The van der Waals surface area contributed by atoms with E-state index < -0.39 is 30.2 Å². The molecule has 0 unspecified atom stereocenters. The van der Waals surface area contributed by atoms with Crippen molar-refractivity contribution in [3.8, 4) is 0 Å². The predicted molar refractivity (Wildman–Crippen MR) is 119 cm³/mol. The third-order valence-corrected chi connectivity index (χ3v) is 5.78. The first-order valence-corrected chi connectivity index (χ1v) is 10.9. The molecule has 0 atom stereocenters. The zero-order chi connectivity index (χ0) is 24.5. The van der Waals surface area contributed by atoms with E-state index in [-0.39, 0.29) is 21.8 Å². The number of alkyl halides is 3. The highest BCUT2D eigenvalue weighted by Crippen LogP contribution is 2.33. The molecule has 3 aromatic rings. The van der Waals surface area contributed by atoms with Crippen molar-refractivity contribution in [3.05, 3.63) is 68.7 Å². The van der Waals surface area contributed by atoms with Gasteiger partial charge in [0.15, 0.2) is 6.61 Å². The molecule has 1 aliphatic rings. The van der Waals surface area contributed by atoms with Gasteiger partial charge in [-0.1, -0.05) is 18.0 Å². The highest BCUT2D eigenvalue weighted by atomic mass is 35.5. The number of carbonyl (C=O) groups excluding carboxylic acids is 2. The van der Waals surface area contributed by atoms with Crippen LogP contribution in [-0.4, -0.2) is 28.0 Å². The molecule has 7 nitrogen and oxygen atoms in total. The summed E-state index contributed by atoms with van der Waals surface area (Å²) in [6.45, 7) is -0.143. The van der Waals surface area contributed by atoms with Crippen LogP contribution in [0.4, 0.5) is 18.9 Å². The lowest BCUT2D eigenvalue weighted by Gasteiger charge is -2.12. The normalized spacial score (nSPS) is 13.8. The number of nitrogens with one attached hydrogen (secondary N) is 1. The van der Waals surface area contributed by atoms with Crippen LogP contribution >= 0.6 is 11.6 Å². The van der Waals surface area contributed by atoms with Crippen molar-refractivity contribution in [3.63, 3.8) is 0 Å². The average Bonchev–Trinajstić information content (AvgIpc) is 3.03. The first kappa shape index (κ1) is 23.7. The van der Waals surface area contributed by atoms with Crippen molar-refractivity contribution in [2.24, 2.45) is 0 Å². The molecule has 1 N–H and O–H groups in total. The fraction of sp³-hybridized carbons (Fsp3) is 0.304. The molecule has 1 amide bonds. The second kappa shape index (κ2) is 9.46. The minimum Gasteiger partial charge on any atom is -0.452 e. The maximum Gasteiger partial charge on any atom is 0.416 e. The van der Waals surface area contributed by atoms with Gasteiger partial charge in [0.1, 0.15) is 5.82 Å². The molecule has 11 heteroatoms. The van der Waals surface area contributed by atoms with Crippen LogP contribution in [0.3, 0.4) is 0 Å². The molecule has 4 rings (SSSR count). The Morgan fingerprint density at radius 1 is 1.12 bits per heavy atom. The van der Waals surface area contributed by atoms with Crippen LogP contribution in [0.15, 0.2) is 41.2 Å².